The number of nitrogens with one attached hydrogen (secondary N) is 1. The smallest absolute Gasteiger partial charge is 0.267 e. The molecule has 0 radical (unpaired) electrons. The minimum Gasteiger partial charge on any atom is -0.478 e. The van der Waals surface area contributed by atoms with Crippen molar-refractivity contribution >= 4 is 29.0 Å². The predicted molar refractivity (Wildman–Crippen MR) is 124 cm³/mol. The summed E-state index contributed by atoms with van der Waals surface area (Å²) in [7, 11) is 0. The molecule has 31 heavy (non-hydrogen) atoms. The van der Waals surface area contributed by atoms with Crippen molar-refractivity contribution in [3.8, 4) is 17.0 Å². The number of hydrogen-bond donors (Lipinski definition) is 1. The molecule has 4 rings (SSSR count). The van der Waals surface area contributed by atoms with E-state index in [1.165, 1.54) is 12.8 Å². The van der Waals surface area contributed by atoms with Gasteiger partial charge in [-0.25, -0.2) is 0 Å². The molecule has 1 fully saturated rings. The van der Waals surface area contributed by atoms with Gasteiger partial charge in [0, 0.05) is 29.4 Å². The van der Waals surface area contributed by atoms with Crippen LogP contribution in [0.15, 0.2) is 60.7 Å². The van der Waals surface area contributed by atoms with Gasteiger partial charge in [-0.05, 0) is 75.2 Å². The zero-order valence-electron chi connectivity index (χ0n) is 17.6. The standard InChI is InChI=1S/C24H25ClN4O2/c1-24(2,31-20-11-7-18(25)8-12-20)23(30)26-19-9-5-17(6-10-19)21-13-14-22(28-27-21)29-15-3-4-16-29/h5-14H,3-4,15-16H2,1-2H3,(H,26,30). The van der Waals surface area contributed by atoms with Crippen LogP contribution < -0.4 is 15.0 Å². The molecular formula is C24H25ClN4O2. The van der Waals surface area contributed by atoms with Crippen LogP contribution in [0, 0.1) is 0 Å². The second kappa shape index (κ2) is 8.94. The van der Waals surface area contributed by atoms with Crippen molar-refractivity contribution in [1.82, 2.24) is 10.2 Å². The summed E-state index contributed by atoms with van der Waals surface area (Å²) in [6.45, 7) is 5.53. The molecule has 160 valence electrons. The van der Waals surface area contributed by atoms with Crippen molar-refractivity contribution < 1.29 is 9.53 Å². The Morgan fingerprint density at radius 2 is 1.65 bits per heavy atom. The lowest BCUT2D eigenvalue weighted by molar-refractivity contribution is -0.128. The number of benzene rings is 2. The zero-order valence-corrected chi connectivity index (χ0v) is 18.4. The van der Waals surface area contributed by atoms with Crippen LogP contribution in [0.2, 0.25) is 5.02 Å². The Morgan fingerprint density at radius 1 is 0.968 bits per heavy atom. The van der Waals surface area contributed by atoms with Gasteiger partial charge < -0.3 is 15.0 Å². The molecule has 0 spiro atoms. The van der Waals surface area contributed by atoms with Gasteiger partial charge in [0.2, 0.25) is 0 Å². The quantitative estimate of drug-likeness (QED) is 0.575. The lowest BCUT2D eigenvalue weighted by Crippen LogP contribution is -2.42. The van der Waals surface area contributed by atoms with E-state index in [9.17, 15) is 4.79 Å². The number of halogens is 1. The van der Waals surface area contributed by atoms with Gasteiger partial charge in [0.25, 0.3) is 5.91 Å². The molecule has 0 unspecified atom stereocenters. The maximum atomic E-state index is 12.7. The zero-order chi connectivity index (χ0) is 21.8. The third-order valence-electron chi connectivity index (χ3n) is 5.25. The fourth-order valence-electron chi connectivity index (χ4n) is 3.44. The van der Waals surface area contributed by atoms with E-state index in [1.807, 2.05) is 36.4 Å². The van der Waals surface area contributed by atoms with Crippen molar-refractivity contribution in [1.29, 1.82) is 0 Å². The Kier molecular flexibility index (Phi) is 6.09. The monoisotopic (exact) mass is 436 g/mol. The van der Waals surface area contributed by atoms with Gasteiger partial charge in [0.15, 0.2) is 11.4 Å². The summed E-state index contributed by atoms with van der Waals surface area (Å²) in [6.07, 6.45) is 2.41. The molecule has 1 amide bonds. The Bertz CT molecular complexity index is 1030. The molecular weight excluding hydrogens is 412 g/mol. The molecule has 0 bridgehead atoms. The van der Waals surface area contributed by atoms with Crippen molar-refractivity contribution in [2.75, 3.05) is 23.3 Å². The highest BCUT2D eigenvalue weighted by molar-refractivity contribution is 6.30. The molecule has 1 aliphatic heterocycles. The highest BCUT2D eigenvalue weighted by Crippen LogP contribution is 2.24. The van der Waals surface area contributed by atoms with E-state index in [0.29, 0.717) is 16.5 Å². The first-order valence-electron chi connectivity index (χ1n) is 10.4. The number of ether oxygens (including phenoxy) is 1. The summed E-state index contributed by atoms with van der Waals surface area (Å²) in [5.74, 6) is 1.26. The number of carbonyl (C=O) groups excluding carboxylic acids is 1. The Balaban J connectivity index is 1.39. The van der Waals surface area contributed by atoms with Crippen LogP contribution in [0.25, 0.3) is 11.3 Å². The summed E-state index contributed by atoms with van der Waals surface area (Å²) in [6, 6.07) is 18.5. The predicted octanol–water partition coefficient (Wildman–Crippen LogP) is 5.19. The second-order valence-corrected chi connectivity index (χ2v) is 8.51. The number of hydrogen-bond acceptors (Lipinski definition) is 5. The third kappa shape index (κ3) is 5.14. The van der Waals surface area contributed by atoms with Gasteiger partial charge in [-0.1, -0.05) is 23.7 Å². The Labute approximate surface area is 187 Å². The van der Waals surface area contributed by atoms with Gasteiger partial charge >= 0.3 is 0 Å². The summed E-state index contributed by atoms with van der Waals surface area (Å²) in [4.78, 5) is 15.0. The minimum atomic E-state index is -1.05. The molecule has 1 aliphatic rings. The molecule has 1 N–H and O–H groups in total. The molecule has 2 aromatic carbocycles. The average Bonchev–Trinajstić information content (AvgIpc) is 3.31. The molecule has 0 saturated carbocycles. The summed E-state index contributed by atoms with van der Waals surface area (Å²) in [5, 5.41) is 12.3. The van der Waals surface area contributed by atoms with Crippen LogP contribution in [0.5, 0.6) is 5.75 Å². The summed E-state index contributed by atoms with van der Waals surface area (Å²) in [5.41, 5.74) is 1.37. The summed E-state index contributed by atoms with van der Waals surface area (Å²) >= 11 is 5.90. The fourth-order valence-corrected chi connectivity index (χ4v) is 3.57. The lowest BCUT2D eigenvalue weighted by Gasteiger charge is -2.25. The molecule has 0 atom stereocenters. The van der Waals surface area contributed by atoms with Crippen LogP contribution in [-0.2, 0) is 4.79 Å². The van der Waals surface area contributed by atoms with Gasteiger partial charge in [-0.15, -0.1) is 10.2 Å². The van der Waals surface area contributed by atoms with Crippen LogP contribution in [-0.4, -0.2) is 34.8 Å². The average molecular weight is 437 g/mol. The van der Waals surface area contributed by atoms with E-state index < -0.39 is 5.60 Å². The molecule has 1 saturated heterocycles. The number of carbonyl (C=O) groups is 1. The largest absolute Gasteiger partial charge is 0.478 e. The van der Waals surface area contributed by atoms with Crippen molar-refractivity contribution in [2.45, 2.75) is 32.3 Å². The van der Waals surface area contributed by atoms with Crippen LogP contribution in [0.4, 0.5) is 11.5 Å². The first-order chi connectivity index (χ1) is 14.9. The number of nitrogens with zero attached hydrogens (tertiary/aromatic N) is 3. The molecule has 0 aliphatic carbocycles. The maximum Gasteiger partial charge on any atom is 0.267 e. The molecule has 7 heteroatoms. The van der Waals surface area contributed by atoms with Crippen LogP contribution >= 0.6 is 11.6 Å². The first-order valence-corrected chi connectivity index (χ1v) is 10.7. The third-order valence-corrected chi connectivity index (χ3v) is 5.50. The minimum absolute atomic E-state index is 0.245. The van der Waals surface area contributed by atoms with Crippen molar-refractivity contribution in [3.63, 3.8) is 0 Å². The molecule has 6 nitrogen and oxygen atoms in total. The molecule has 2 heterocycles. The number of rotatable bonds is 6. The molecule has 1 aromatic heterocycles. The van der Waals surface area contributed by atoms with Crippen LogP contribution in [0.1, 0.15) is 26.7 Å². The first kappa shape index (κ1) is 21.1. The van der Waals surface area contributed by atoms with E-state index >= 15 is 0 Å². The highest BCUT2D eigenvalue weighted by Gasteiger charge is 2.30. The number of anilines is 2. The summed E-state index contributed by atoms with van der Waals surface area (Å²) < 4.78 is 5.84. The highest BCUT2D eigenvalue weighted by atomic mass is 35.5. The Morgan fingerprint density at radius 3 is 2.26 bits per heavy atom. The van der Waals surface area contributed by atoms with Crippen molar-refractivity contribution in [3.05, 3.63) is 65.7 Å². The van der Waals surface area contributed by atoms with Gasteiger partial charge in [-0.2, -0.15) is 0 Å². The van der Waals surface area contributed by atoms with Gasteiger partial charge in [0.1, 0.15) is 5.75 Å². The van der Waals surface area contributed by atoms with E-state index in [1.54, 1.807) is 38.1 Å². The van der Waals surface area contributed by atoms with E-state index in [2.05, 4.69) is 20.4 Å². The normalized spacial score (nSPS) is 13.8. The van der Waals surface area contributed by atoms with E-state index in [0.717, 1.165) is 30.2 Å². The van der Waals surface area contributed by atoms with Gasteiger partial charge in [0.05, 0.1) is 5.69 Å². The maximum absolute atomic E-state index is 12.7. The number of aromatic nitrogens is 2. The Hall–Kier alpha value is -3.12. The van der Waals surface area contributed by atoms with Gasteiger partial charge in [-0.3, -0.25) is 4.79 Å². The number of amides is 1. The second-order valence-electron chi connectivity index (χ2n) is 8.07. The lowest BCUT2D eigenvalue weighted by atomic mass is 10.1. The fraction of sp³-hybridized carbons (Fsp3) is 0.292. The molecule has 3 aromatic rings. The topological polar surface area (TPSA) is 67.3 Å². The SMILES string of the molecule is CC(C)(Oc1ccc(Cl)cc1)C(=O)Nc1ccc(-c2ccc(N3CCCC3)nn2)cc1. The van der Waals surface area contributed by atoms with E-state index in [4.69, 9.17) is 16.3 Å². The van der Waals surface area contributed by atoms with E-state index in [-0.39, 0.29) is 5.91 Å². The van der Waals surface area contributed by atoms with Crippen LogP contribution in [0.3, 0.4) is 0 Å². The van der Waals surface area contributed by atoms with Crippen molar-refractivity contribution in [2.24, 2.45) is 0 Å².